The van der Waals surface area contributed by atoms with Gasteiger partial charge in [0.2, 0.25) is 0 Å². The third kappa shape index (κ3) is 2.67. The standard InChI is InChI=1S/C13H11ClO/c1-3-7-10(4-2)13(15)11-8-5-6-9-12(11)14/h3-9H,1-2H2/b10-7+. The summed E-state index contributed by atoms with van der Waals surface area (Å²) in [7, 11) is 0. The van der Waals surface area contributed by atoms with Crippen molar-refractivity contribution in [1.29, 1.82) is 0 Å². The second-order valence-corrected chi connectivity index (χ2v) is 3.28. The molecule has 0 bridgehead atoms. The molecule has 0 spiro atoms. The van der Waals surface area contributed by atoms with Crippen LogP contribution in [-0.2, 0) is 0 Å². The zero-order valence-electron chi connectivity index (χ0n) is 8.24. The van der Waals surface area contributed by atoms with E-state index in [1.165, 1.54) is 6.08 Å². The number of carbonyl (C=O) groups excluding carboxylic acids is 1. The van der Waals surface area contributed by atoms with Gasteiger partial charge < -0.3 is 0 Å². The van der Waals surface area contributed by atoms with E-state index in [-0.39, 0.29) is 5.78 Å². The molecule has 0 heterocycles. The Labute approximate surface area is 94.4 Å². The first kappa shape index (κ1) is 11.5. The lowest BCUT2D eigenvalue weighted by Crippen LogP contribution is -2.01. The molecule has 0 saturated carbocycles. The van der Waals surface area contributed by atoms with Crippen LogP contribution in [0.1, 0.15) is 10.4 Å². The van der Waals surface area contributed by atoms with Crippen LogP contribution in [-0.4, -0.2) is 5.78 Å². The van der Waals surface area contributed by atoms with Gasteiger partial charge in [-0.3, -0.25) is 4.79 Å². The molecule has 15 heavy (non-hydrogen) atoms. The van der Waals surface area contributed by atoms with Crippen molar-refractivity contribution in [3.05, 3.63) is 71.8 Å². The third-order valence-electron chi connectivity index (χ3n) is 1.90. The van der Waals surface area contributed by atoms with Crippen LogP contribution in [0.3, 0.4) is 0 Å². The van der Waals surface area contributed by atoms with Crippen LogP contribution in [0.5, 0.6) is 0 Å². The summed E-state index contributed by atoms with van der Waals surface area (Å²) < 4.78 is 0. The molecule has 76 valence electrons. The Hall–Kier alpha value is -1.60. The van der Waals surface area contributed by atoms with Gasteiger partial charge in [-0.1, -0.05) is 55.1 Å². The number of benzene rings is 1. The maximum Gasteiger partial charge on any atom is 0.194 e. The van der Waals surface area contributed by atoms with Crippen molar-refractivity contribution in [2.24, 2.45) is 0 Å². The highest BCUT2D eigenvalue weighted by Gasteiger charge is 2.11. The fraction of sp³-hybridized carbons (Fsp3) is 0. The number of carbonyl (C=O) groups is 1. The van der Waals surface area contributed by atoms with Gasteiger partial charge in [-0.2, -0.15) is 0 Å². The van der Waals surface area contributed by atoms with Gasteiger partial charge in [-0.25, -0.2) is 0 Å². The van der Waals surface area contributed by atoms with Crippen molar-refractivity contribution < 1.29 is 4.79 Å². The summed E-state index contributed by atoms with van der Waals surface area (Å²) in [6.07, 6.45) is 4.65. The number of hydrogen-bond donors (Lipinski definition) is 0. The quantitative estimate of drug-likeness (QED) is 0.427. The van der Waals surface area contributed by atoms with Crippen LogP contribution < -0.4 is 0 Å². The molecule has 0 aliphatic carbocycles. The zero-order chi connectivity index (χ0) is 11.3. The van der Waals surface area contributed by atoms with Crippen molar-refractivity contribution in [3.8, 4) is 0 Å². The Morgan fingerprint density at radius 3 is 2.47 bits per heavy atom. The first-order valence-electron chi connectivity index (χ1n) is 4.45. The Balaban J connectivity index is 3.14. The van der Waals surface area contributed by atoms with E-state index in [0.29, 0.717) is 16.2 Å². The van der Waals surface area contributed by atoms with Crippen LogP contribution in [0.15, 0.2) is 61.2 Å². The van der Waals surface area contributed by atoms with Crippen molar-refractivity contribution in [2.75, 3.05) is 0 Å². The Bertz CT molecular complexity index is 430. The van der Waals surface area contributed by atoms with E-state index in [1.54, 1.807) is 36.4 Å². The van der Waals surface area contributed by atoms with E-state index in [9.17, 15) is 4.79 Å². The minimum absolute atomic E-state index is 0.143. The smallest absolute Gasteiger partial charge is 0.194 e. The predicted octanol–water partition coefficient (Wildman–Crippen LogP) is 3.82. The highest BCUT2D eigenvalue weighted by molar-refractivity contribution is 6.35. The number of allylic oxidation sites excluding steroid dienone is 4. The molecule has 0 aromatic heterocycles. The van der Waals surface area contributed by atoms with Gasteiger partial charge in [0.05, 0.1) is 5.02 Å². The Kier molecular flexibility index (Phi) is 4.07. The summed E-state index contributed by atoms with van der Waals surface area (Å²) in [6.45, 7) is 7.11. The average molecular weight is 219 g/mol. The largest absolute Gasteiger partial charge is 0.289 e. The van der Waals surface area contributed by atoms with Gasteiger partial charge in [-0.05, 0) is 12.1 Å². The molecule has 0 atom stereocenters. The molecule has 0 N–H and O–H groups in total. The molecule has 0 fully saturated rings. The van der Waals surface area contributed by atoms with Gasteiger partial charge in [0.25, 0.3) is 0 Å². The van der Waals surface area contributed by atoms with E-state index >= 15 is 0 Å². The van der Waals surface area contributed by atoms with E-state index in [1.807, 2.05) is 0 Å². The van der Waals surface area contributed by atoms with Gasteiger partial charge in [0.15, 0.2) is 5.78 Å². The van der Waals surface area contributed by atoms with Crippen LogP contribution in [0, 0.1) is 0 Å². The molecule has 0 amide bonds. The minimum Gasteiger partial charge on any atom is -0.289 e. The lowest BCUT2D eigenvalue weighted by Gasteiger charge is -2.02. The molecule has 1 aromatic carbocycles. The summed E-state index contributed by atoms with van der Waals surface area (Å²) in [5.41, 5.74) is 0.963. The summed E-state index contributed by atoms with van der Waals surface area (Å²) in [4.78, 5) is 11.9. The number of rotatable bonds is 4. The van der Waals surface area contributed by atoms with Crippen LogP contribution in [0.2, 0.25) is 5.02 Å². The Morgan fingerprint density at radius 1 is 1.27 bits per heavy atom. The average Bonchev–Trinajstić information content (AvgIpc) is 2.25. The maximum atomic E-state index is 11.9. The molecule has 2 heteroatoms. The van der Waals surface area contributed by atoms with Gasteiger partial charge in [-0.15, -0.1) is 0 Å². The number of Topliss-reactive ketones (excluding diaryl/α,β-unsaturated/α-hetero) is 1. The highest BCUT2D eigenvalue weighted by Crippen LogP contribution is 2.19. The first-order chi connectivity index (χ1) is 7.20. The SMILES string of the molecule is C=C/C=C(\C=C)C(=O)c1ccccc1Cl. The summed E-state index contributed by atoms with van der Waals surface area (Å²) in [6, 6.07) is 6.92. The molecule has 1 aromatic rings. The summed E-state index contributed by atoms with van der Waals surface area (Å²) >= 11 is 5.91. The molecule has 0 aliphatic heterocycles. The monoisotopic (exact) mass is 218 g/mol. The molecular formula is C13H11ClO. The lowest BCUT2D eigenvalue weighted by molar-refractivity contribution is 0.103. The normalized spacial score (nSPS) is 10.9. The second kappa shape index (κ2) is 5.32. The van der Waals surface area contributed by atoms with Crippen LogP contribution >= 0.6 is 11.6 Å². The molecule has 1 nitrogen and oxygen atoms in total. The van der Waals surface area contributed by atoms with E-state index < -0.39 is 0 Å². The molecule has 0 aliphatic rings. The third-order valence-corrected chi connectivity index (χ3v) is 2.23. The summed E-state index contributed by atoms with van der Waals surface area (Å²) in [5.74, 6) is -0.143. The Morgan fingerprint density at radius 2 is 1.93 bits per heavy atom. The van der Waals surface area contributed by atoms with Crippen molar-refractivity contribution in [1.82, 2.24) is 0 Å². The fourth-order valence-electron chi connectivity index (χ4n) is 1.16. The number of halogens is 1. The van der Waals surface area contributed by atoms with Crippen molar-refractivity contribution in [2.45, 2.75) is 0 Å². The fourth-order valence-corrected chi connectivity index (χ4v) is 1.39. The van der Waals surface area contributed by atoms with Crippen LogP contribution in [0.25, 0.3) is 0 Å². The number of hydrogen-bond acceptors (Lipinski definition) is 1. The van der Waals surface area contributed by atoms with Gasteiger partial charge >= 0.3 is 0 Å². The van der Waals surface area contributed by atoms with Crippen molar-refractivity contribution >= 4 is 17.4 Å². The highest BCUT2D eigenvalue weighted by atomic mass is 35.5. The van der Waals surface area contributed by atoms with Gasteiger partial charge in [0, 0.05) is 11.1 Å². The molecule has 0 unspecified atom stereocenters. The molecule has 0 saturated heterocycles. The molecule has 1 rings (SSSR count). The summed E-state index contributed by atoms with van der Waals surface area (Å²) in [5, 5.41) is 0.444. The molecule has 0 radical (unpaired) electrons. The van der Waals surface area contributed by atoms with Crippen molar-refractivity contribution in [3.63, 3.8) is 0 Å². The predicted molar refractivity (Wildman–Crippen MR) is 64.3 cm³/mol. The molecular weight excluding hydrogens is 208 g/mol. The maximum absolute atomic E-state index is 11.9. The first-order valence-corrected chi connectivity index (χ1v) is 4.83. The topological polar surface area (TPSA) is 17.1 Å². The van der Waals surface area contributed by atoms with E-state index in [2.05, 4.69) is 13.2 Å². The van der Waals surface area contributed by atoms with Gasteiger partial charge in [0.1, 0.15) is 0 Å². The second-order valence-electron chi connectivity index (χ2n) is 2.87. The number of ketones is 1. The minimum atomic E-state index is -0.143. The van der Waals surface area contributed by atoms with Crippen LogP contribution in [0.4, 0.5) is 0 Å². The lowest BCUT2D eigenvalue weighted by atomic mass is 10.0. The van der Waals surface area contributed by atoms with E-state index in [4.69, 9.17) is 11.6 Å². The zero-order valence-corrected chi connectivity index (χ0v) is 9.00. The van der Waals surface area contributed by atoms with E-state index in [0.717, 1.165) is 0 Å².